The summed E-state index contributed by atoms with van der Waals surface area (Å²) in [6.45, 7) is 3.59. The summed E-state index contributed by atoms with van der Waals surface area (Å²) in [5.41, 5.74) is 2.10. The minimum atomic E-state index is -0.929. The van der Waals surface area contributed by atoms with E-state index in [0.29, 0.717) is 41.6 Å². The lowest BCUT2D eigenvalue weighted by atomic mass is 10.0. The highest BCUT2D eigenvalue weighted by atomic mass is 19.1. The number of carboxylic acids is 1. The van der Waals surface area contributed by atoms with E-state index in [1.165, 1.54) is 4.68 Å². The topological polar surface area (TPSA) is 120 Å². The summed E-state index contributed by atoms with van der Waals surface area (Å²) in [4.78, 5) is 23.1. The molecule has 0 radical (unpaired) electrons. The van der Waals surface area contributed by atoms with Crippen LogP contribution < -0.4 is 5.56 Å². The molecule has 2 aromatic carbocycles. The van der Waals surface area contributed by atoms with Crippen LogP contribution in [0.2, 0.25) is 0 Å². The number of aryl methyl sites for hydroxylation is 5. The van der Waals surface area contributed by atoms with Gasteiger partial charge in [0.1, 0.15) is 17.3 Å². The van der Waals surface area contributed by atoms with Crippen LogP contribution in [0.15, 0.2) is 51.4 Å². The maximum Gasteiger partial charge on any atom is 0.303 e. The highest BCUT2D eigenvalue weighted by Crippen LogP contribution is 2.32. The number of aromatic hydroxyl groups is 1. The molecule has 3 rings (SSSR count). The lowest BCUT2D eigenvalue weighted by molar-refractivity contribution is -0.137. The molecule has 0 aliphatic rings. The van der Waals surface area contributed by atoms with Crippen LogP contribution in [0.25, 0.3) is 0 Å². The van der Waals surface area contributed by atoms with Gasteiger partial charge < -0.3 is 10.2 Å². The summed E-state index contributed by atoms with van der Waals surface area (Å²) < 4.78 is 15.5. The van der Waals surface area contributed by atoms with Crippen molar-refractivity contribution in [2.24, 2.45) is 10.2 Å². The SMILES string of the molecule is Cc1cccc(CCc2cccc(N=Nc3c(C)[nH]n(CCCC(=O)O)c3=O)c2O)c1F. The van der Waals surface area contributed by atoms with Crippen molar-refractivity contribution in [3.05, 3.63) is 75.0 Å². The lowest BCUT2D eigenvalue weighted by Gasteiger charge is -2.08. The van der Waals surface area contributed by atoms with Crippen molar-refractivity contribution in [3.8, 4) is 5.75 Å². The predicted molar refractivity (Wildman–Crippen MR) is 117 cm³/mol. The van der Waals surface area contributed by atoms with E-state index in [2.05, 4.69) is 15.3 Å². The molecule has 9 heteroatoms. The number of para-hydroxylation sites is 1. The average Bonchev–Trinajstić information content (AvgIpc) is 3.01. The van der Waals surface area contributed by atoms with Gasteiger partial charge in [-0.1, -0.05) is 30.3 Å². The second-order valence-electron chi connectivity index (χ2n) is 7.57. The Morgan fingerprint density at radius 3 is 2.53 bits per heavy atom. The minimum Gasteiger partial charge on any atom is -0.505 e. The Hall–Kier alpha value is -3.75. The smallest absolute Gasteiger partial charge is 0.303 e. The number of carboxylic acid groups (broad SMARTS) is 1. The lowest BCUT2D eigenvalue weighted by Crippen LogP contribution is -2.17. The third-order valence-corrected chi connectivity index (χ3v) is 5.17. The van der Waals surface area contributed by atoms with Crippen molar-refractivity contribution >= 4 is 17.3 Å². The third kappa shape index (κ3) is 5.29. The highest BCUT2D eigenvalue weighted by molar-refractivity contribution is 5.66. The average molecular weight is 440 g/mol. The summed E-state index contributed by atoms with van der Waals surface area (Å²) in [6.07, 6.45) is 1.08. The number of benzene rings is 2. The van der Waals surface area contributed by atoms with Gasteiger partial charge in [0, 0.05) is 13.0 Å². The van der Waals surface area contributed by atoms with E-state index in [9.17, 15) is 19.1 Å². The molecular weight excluding hydrogens is 415 g/mol. The number of rotatable bonds is 9. The van der Waals surface area contributed by atoms with Gasteiger partial charge in [0.15, 0.2) is 5.69 Å². The zero-order valence-electron chi connectivity index (χ0n) is 17.9. The Bertz CT molecular complexity index is 1210. The first-order chi connectivity index (χ1) is 15.3. The maximum atomic E-state index is 14.2. The molecule has 0 bridgehead atoms. The van der Waals surface area contributed by atoms with Gasteiger partial charge in [0.05, 0.1) is 5.69 Å². The molecule has 0 aliphatic carbocycles. The molecule has 8 nitrogen and oxygen atoms in total. The van der Waals surface area contributed by atoms with Gasteiger partial charge in [-0.15, -0.1) is 10.2 Å². The number of aromatic amines is 1. The molecule has 0 aliphatic heterocycles. The van der Waals surface area contributed by atoms with E-state index in [1.54, 1.807) is 50.2 Å². The second-order valence-corrected chi connectivity index (χ2v) is 7.57. The third-order valence-electron chi connectivity index (χ3n) is 5.17. The highest BCUT2D eigenvalue weighted by Gasteiger charge is 2.13. The van der Waals surface area contributed by atoms with Gasteiger partial charge in [-0.05, 0) is 55.9 Å². The number of carbonyl (C=O) groups is 1. The van der Waals surface area contributed by atoms with Crippen LogP contribution >= 0.6 is 0 Å². The fraction of sp³-hybridized carbons (Fsp3) is 0.304. The number of aliphatic carboxylic acids is 1. The summed E-state index contributed by atoms with van der Waals surface area (Å²) in [6, 6.07) is 10.2. The Kier molecular flexibility index (Phi) is 7.19. The van der Waals surface area contributed by atoms with Gasteiger partial charge in [0.25, 0.3) is 5.56 Å². The zero-order valence-corrected chi connectivity index (χ0v) is 17.9. The number of H-pyrrole nitrogens is 1. The molecule has 32 heavy (non-hydrogen) atoms. The number of hydrogen-bond acceptors (Lipinski definition) is 5. The van der Waals surface area contributed by atoms with Crippen LogP contribution in [0, 0.1) is 19.7 Å². The van der Waals surface area contributed by atoms with Crippen molar-refractivity contribution in [3.63, 3.8) is 0 Å². The van der Waals surface area contributed by atoms with Crippen LogP contribution in [-0.4, -0.2) is 26.0 Å². The molecule has 0 amide bonds. The van der Waals surface area contributed by atoms with Gasteiger partial charge in [-0.25, -0.2) is 4.39 Å². The van der Waals surface area contributed by atoms with E-state index in [0.717, 1.165) is 0 Å². The molecule has 3 N–H and O–H groups in total. The van der Waals surface area contributed by atoms with Crippen molar-refractivity contribution in [1.29, 1.82) is 0 Å². The monoisotopic (exact) mass is 440 g/mol. The number of nitrogens with zero attached hydrogens (tertiary/aromatic N) is 3. The molecule has 3 aromatic rings. The molecule has 0 fully saturated rings. The first kappa shape index (κ1) is 22.9. The van der Waals surface area contributed by atoms with Gasteiger partial charge in [-0.2, -0.15) is 0 Å². The fourth-order valence-electron chi connectivity index (χ4n) is 3.39. The number of phenols is 1. The molecule has 168 valence electrons. The minimum absolute atomic E-state index is 0.0471. The van der Waals surface area contributed by atoms with Gasteiger partial charge >= 0.3 is 5.97 Å². The van der Waals surface area contributed by atoms with E-state index >= 15 is 0 Å². The normalized spacial score (nSPS) is 11.3. The Morgan fingerprint density at radius 1 is 1.09 bits per heavy atom. The second kappa shape index (κ2) is 10.0. The van der Waals surface area contributed by atoms with Crippen LogP contribution in [0.1, 0.15) is 35.2 Å². The van der Waals surface area contributed by atoms with Crippen LogP contribution in [0.4, 0.5) is 15.8 Å². The number of nitrogens with one attached hydrogen (secondary N) is 1. The number of azo groups is 1. The fourth-order valence-corrected chi connectivity index (χ4v) is 3.39. The largest absolute Gasteiger partial charge is 0.505 e. The molecule has 0 spiro atoms. The molecular formula is C23H25FN4O4. The Balaban J connectivity index is 1.76. The summed E-state index contributed by atoms with van der Waals surface area (Å²) >= 11 is 0. The Morgan fingerprint density at radius 2 is 1.78 bits per heavy atom. The molecule has 0 saturated heterocycles. The van der Waals surface area contributed by atoms with E-state index in [1.807, 2.05) is 0 Å². The summed E-state index contributed by atoms with van der Waals surface area (Å²) in [5, 5.41) is 30.2. The van der Waals surface area contributed by atoms with E-state index < -0.39 is 11.5 Å². The molecule has 0 unspecified atom stereocenters. The number of halogens is 1. The molecule has 1 heterocycles. The Labute approximate surface area is 184 Å². The van der Waals surface area contributed by atoms with E-state index in [-0.39, 0.29) is 35.9 Å². The first-order valence-electron chi connectivity index (χ1n) is 10.3. The number of phenolic OH excluding ortho intramolecular Hbond substituents is 1. The van der Waals surface area contributed by atoms with Crippen molar-refractivity contribution in [2.75, 3.05) is 0 Å². The quantitative estimate of drug-likeness (QED) is 0.418. The van der Waals surface area contributed by atoms with E-state index in [4.69, 9.17) is 5.11 Å². The predicted octanol–water partition coefficient (Wildman–Crippen LogP) is 4.70. The summed E-state index contributed by atoms with van der Waals surface area (Å²) in [7, 11) is 0. The summed E-state index contributed by atoms with van der Waals surface area (Å²) in [5.74, 6) is -1.24. The standard InChI is InChI=1S/C23H25FN4O4/c1-14-6-3-7-16(20(14)24)11-12-17-8-4-9-18(22(17)31)25-26-21-15(2)27-28(23(21)32)13-5-10-19(29)30/h3-4,6-9,27,31H,5,10-13H2,1-2H3,(H,29,30). The van der Waals surface area contributed by atoms with Crippen LogP contribution in [-0.2, 0) is 24.2 Å². The maximum absolute atomic E-state index is 14.2. The van der Waals surface area contributed by atoms with Gasteiger partial charge in [0.2, 0.25) is 0 Å². The zero-order chi connectivity index (χ0) is 23.3. The molecule has 0 atom stereocenters. The number of aromatic nitrogens is 2. The van der Waals surface area contributed by atoms with Crippen molar-refractivity contribution in [1.82, 2.24) is 9.78 Å². The number of hydrogen-bond donors (Lipinski definition) is 3. The first-order valence-corrected chi connectivity index (χ1v) is 10.3. The van der Waals surface area contributed by atoms with Crippen LogP contribution in [0.5, 0.6) is 5.75 Å². The van der Waals surface area contributed by atoms with Gasteiger partial charge in [-0.3, -0.25) is 19.4 Å². The van der Waals surface area contributed by atoms with Crippen molar-refractivity contribution < 1.29 is 19.4 Å². The van der Waals surface area contributed by atoms with Crippen LogP contribution in [0.3, 0.4) is 0 Å². The molecule has 0 saturated carbocycles. The van der Waals surface area contributed by atoms with Crippen molar-refractivity contribution in [2.45, 2.75) is 46.1 Å². The molecule has 1 aromatic heterocycles.